The summed E-state index contributed by atoms with van der Waals surface area (Å²) in [5.41, 5.74) is 4.22. The van der Waals surface area contributed by atoms with E-state index in [4.69, 9.17) is 9.15 Å². The molecule has 9 nitrogen and oxygen atoms in total. The molecular weight excluding hydrogens is 458 g/mol. The Morgan fingerprint density at radius 2 is 2.00 bits per heavy atom. The van der Waals surface area contributed by atoms with Gasteiger partial charge in [0.25, 0.3) is 5.91 Å². The highest BCUT2D eigenvalue weighted by molar-refractivity contribution is 5.82. The summed E-state index contributed by atoms with van der Waals surface area (Å²) in [6, 6.07) is 15.1. The zero-order valence-corrected chi connectivity index (χ0v) is 20.8. The smallest absolute Gasteiger partial charge is 0.408 e. The van der Waals surface area contributed by atoms with Crippen LogP contribution in [-0.2, 0) is 22.5 Å². The van der Waals surface area contributed by atoms with Crippen molar-refractivity contribution in [3.8, 4) is 17.2 Å². The average Bonchev–Trinajstić information content (AvgIpc) is 3.16. The van der Waals surface area contributed by atoms with Gasteiger partial charge in [0.15, 0.2) is 5.58 Å². The minimum Gasteiger partial charge on any atom is -0.408 e. The molecule has 0 aliphatic carbocycles. The summed E-state index contributed by atoms with van der Waals surface area (Å²) in [5.74, 6) is -0.620. The first-order valence-corrected chi connectivity index (χ1v) is 12.3. The third-order valence-corrected chi connectivity index (χ3v) is 6.33. The maximum absolute atomic E-state index is 12.6. The number of carbonyl (C=O) groups is 1. The molecule has 4 rings (SSSR count). The molecule has 2 unspecified atom stereocenters. The van der Waals surface area contributed by atoms with Crippen LogP contribution in [0.25, 0.3) is 22.2 Å². The van der Waals surface area contributed by atoms with Crippen LogP contribution in [0.5, 0.6) is 0 Å². The van der Waals surface area contributed by atoms with Crippen LogP contribution in [0.4, 0.5) is 0 Å². The second kappa shape index (κ2) is 12.0. The lowest BCUT2D eigenvalue weighted by Gasteiger charge is -2.22. The summed E-state index contributed by atoms with van der Waals surface area (Å²) >= 11 is 0. The van der Waals surface area contributed by atoms with Crippen molar-refractivity contribution in [2.45, 2.75) is 38.0 Å². The highest BCUT2D eigenvalue weighted by Crippen LogP contribution is 2.25. The van der Waals surface area contributed by atoms with Gasteiger partial charge in [-0.1, -0.05) is 30.3 Å². The highest BCUT2D eigenvalue weighted by Gasteiger charge is 2.23. The minimum absolute atomic E-state index is 0.263. The Balaban J connectivity index is 1.43. The number of amides is 1. The molecule has 2 aromatic carbocycles. The van der Waals surface area contributed by atoms with Crippen LogP contribution in [0.15, 0.2) is 51.7 Å². The van der Waals surface area contributed by atoms with E-state index < -0.39 is 12.1 Å². The third kappa shape index (κ3) is 6.40. The number of fused-ring (bicyclic) bond motifs is 1. The van der Waals surface area contributed by atoms with E-state index in [0.29, 0.717) is 31.7 Å². The third-order valence-electron chi connectivity index (χ3n) is 6.33. The number of oxazole rings is 1. The van der Waals surface area contributed by atoms with Gasteiger partial charge in [0.1, 0.15) is 12.1 Å². The molecule has 1 aromatic heterocycles. The summed E-state index contributed by atoms with van der Waals surface area (Å²) < 4.78 is 12.7. The number of aromatic nitrogens is 1. The molecule has 1 amide bonds. The second-order valence-corrected chi connectivity index (χ2v) is 9.37. The second-order valence-electron chi connectivity index (χ2n) is 9.37. The number of nitrogens with one attached hydrogen (secondary N) is 2. The predicted molar refractivity (Wildman–Crippen MR) is 138 cm³/mol. The Labute approximate surface area is 210 Å². The van der Waals surface area contributed by atoms with Gasteiger partial charge in [0.05, 0.1) is 11.6 Å². The van der Waals surface area contributed by atoms with Gasteiger partial charge in [-0.25, -0.2) is 4.79 Å². The first-order chi connectivity index (χ1) is 17.4. The topological polar surface area (TPSA) is 113 Å². The zero-order valence-electron chi connectivity index (χ0n) is 20.8. The molecule has 0 spiro atoms. The number of benzene rings is 2. The predicted octanol–water partition coefficient (Wildman–Crippen LogP) is 2.14. The van der Waals surface area contributed by atoms with Crippen molar-refractivity contribution in [1.82, 2.24) is 20.1 Å². The van der Waals surface area contributed by atoms with Crippen molar-refractivity contribution in [1.29, 1.82) is 5.26 Å². The van der Waals surface area contributed by atoms with E-state index in [9.17, 15) is 14.9 Å². The fourth-order valence-electron chi connectivity index (χ4n) is 4.25. The van der Waals surface area contributed by atoms with Gasteiger partial charge in [-0.2, -0.15) is 5.26 Å². The van der Waals surface area contributed by atoms with Crippen molar-refractivity contribution >= 4 is 17.0 Å². The van der Waals surface area contributed by atoms with E-state index in [-0.39, 0.29) is 11.7 Å². The van der Waals surface area contributed by atoms with Crippen LogP contribution in [0.2, 0.25) is 0 Å². The lowest BCUT2D eigenvalue weighted by atomic mass is 10.0. The Hall–Kier alpha value is -3.45. The van der Waals surface area contributed by atoms with E-state index in [0.717, 1.165) is 48.1 Å². The van der Waals surface area contributed by atoms with Gasteiger partial charge < -0.3 is 24.7 Å². The molecule has 0 radical (unpaired) electrons. The number of nitrogens with zero attached hydrogens (tertiary/aromatic N) is 3. The summed E-state index contributed by atoms with van der Waals surface area (Å²) in [6.45, 7) is 3.14. The number of nitriles is 1. The minimum atomic E-state index is -0.647. The maximum Gasteiger partial charge on any atom is 0.419 e. The first-order valence-electron chi connectivity index (χ1n) is 12.3. The Bertz CT molecular complexity index is 1260. The van der Waals surface area contributed by atoms with E-state index in [1.54, 1.807) is 4.57 Å². The zero-order chi connectivity index (χ0) is 25.5. The van der Waals surface area contributed by atoms with Crippen LogP contribution in [0.3, 0.4) is 0 Å². The van der Waals surface area contributed by atoms with Crippen molar-refractivity contribution in [3.63, 3.8) is 0 Å². The molecule has 1 saturated heterocycles. The van der Waals surface area contributed by atoms with Crippen molar-refractivity contribution in [3.05, 3.63) is 58.6 Å². The average molecular weight is 492 g/mol. The molecule has 0 bridgehead atoms. The van der Waals surface area contributed by atoms with E-state index in [2.05, 4.69) is 16.7 Å². The largest absolute Gasteiger partial charge is 0.419 e. The van der Waals surface area contributed by atoms with Crippen LogP contribution >= 0.6 is 0 Å². The van der Waals surface area contributed by atoms with E-state index >= 15 is 0 Å². The van der Waals surface area contributed by atoms with Crippen LogP contribution in [-0.4, -0.2) is 67.9 Å². The van der Waals surface area contributed by atoms with Crippen molar-refractivity contribution in [2.75, 3.05) is 40.3 Å². The van der Waals surface area contributed by atoms with Crippen LogP contribution in [0, 0.1) is 11.3 Å². The van der Waals surface area contributed by atoms with Gasteiger partial charge in [-0.15, -0.1) is 0 Å². The summed E-state index contributed by atoms with van der Waals surface area (Å²) in [6.07, 6.45) is 1.74. The van der Waals surface area contributed by atoms with Gasteiger partial charge >= 0.3 is 5.76 Å². The van der Waals surface area contributed by atoms with Gasteiger partial charge in [0.2, 0.25) is 0 Å². The number of hydrogen-bond acceptors (Lipinski definition) is 7. The number of carbonyl (C=O) groups excluding carboxylic acids is 1. The molecule has 3 aromatic rings. The SMILES string of the molecule is CN(C)CCn1c(=O)oc2ccc(-c3ccc(CC(C#N)NC(=O)C4CNCCCCO4)cc3)cc21. The fraction of sp³-hybridized carbons (Fsp3) is 0.444. The molecule has 0 saturated carbocycles. The lowest BCUT2D eigenvalue weighted by molar-refractivity contribution is -0.133. The van der Waals surface area contributed by atoms with Crippen molar-refractivity contribution < 1.29 is 13.9 Å². The maximum atomic E-state index is 12.6. The van der Waals surface area contributed by atoms with Crippen LogP contribution in [0.1, 0.15) is 18.4 Å². The normalized spacial score (nSPS) is 17.3. The Morgan fingerprint density at radius 1 is 1.22 bits per heavy atom. The molecular formula is C27H33N5O4. The van der Waals surface area contributed by atoms with Gasteiger partial charge in [-0.05, 0) is 62.3 Å². The highest BCUT2D eigenvalue weighted by atomic mass is 16.5. The molecule has 190 valence electrons. The molecule has 2 atom stereocenters. The van der Waals surface area contributed by atoms with Gasteiger partial charge in [-0.3, -0.25) is 9.36 Å². The monoisotopic (exact) mass is 491 g/mol. The van der Waals surface area contributed by atoms with E-state index in [1.165, 1.54) is 0 Å². The fourth-order valence-corrected chi connectivity index (χ4v) is 4.25. The molecule has 1 aliphatic rings. The first kappa shape index (κ1) is 25.6. The molecule has 9 heteroatoms. The quantitative estimate of drug-likeness (QED) is 0.496. The summed E-state index contributed by atoms with van der Waals surface area (Å²) in [4.78, 5) is 26.9. The number of likely N-dealkylation sites (N-methyl/N-ethyl adjacent to an activating group) is 1. The molecule has 1 aliphatic heterocycles. The number of rotatable bonds is 8. The molecule has 2 N–H and O–H groups in total. The Morgan fingerprint density at radius 3 is 2.75 bits per heavy atom. The molecule has 2 heterocycles. The van der Waals surface area contributed by atoms with E-state index in [1.807, 2.05) is 61.5 Å². The summed E-state index contributed by atoms with van der Waals surface area (Å²) in [7, 11) is 3.93. The van der Waals surface area contributed by atoms with Crippen molar-refractivity contribution in [2.24, 2.45) is 0 Å². The number of hydrogen-bond donors (Lipinski definition) is 2. The van der Waals surface area contributed by atoms with Crippen LogP contribution < -0.4 is 16.4 Å². The van der Waals surface area contributed by atoms with Gasteiger partial charge in [0, 0.05) is 32.7 Å². The molecule has 36 heavy (non-hydrogen) atoms. The summed E-state index contributed by atoms with van der Waals surface area (Å²) in [5, 5.41) is 15.6. The molecule has 1 fully saturated rings. The number of ether oxygens (including phenoxy) is 1. The Kier molecular flexibility index (Phi) is 8.54. The standard InChI is InChI=1S/C27H33N5O4/c1-31(2)12-13-32-23-16-21(9-10-24(23)36-27(32)34)20-7-5-19(6-8-20)15-22(17-28)30-26(33)25-18-29-11-3-4-14-35-25/h5-10,16,22,25,29H,3-4,11-15,18H2,1-2H3,(H,30,33). The lowest BCUT2D eigenvalue weighted by Crippen LogP contribution is -2.47.